The number of ether oxygens (including phenoxy) is 1. The van der Waals surface area contributed by atoms with Crippen molar-refractivity contribution in [3.8, 4) is 5.75 Å². The Morgan fingerprint density at radius 3 is 2.50 bits per heavy atom. The van der Waals surface area contributed by atoms with E-state index in [2.05, 4.69) is 0 Å². The van der Waals surface area contributed by atoms with Crippen molar-refractivity contribution in [3.05, 3.63) is 64.2 Å². The smallest absolute Gasteiger partial charge is 0.165 e. The number of benzene rings is 2. The van der Waals surface area contributed by atoms with Gasteiger partial charge in [-0.15, -0.1) is 0 Å². The standard InChI is InChI=1S/C15H14ClF2NO/c16-12-5-1-4-11(14(12)18)9-20-15-10(7-8-19)3-2-6-13(15)17/h1-6H,7-9,19H2. The van der Waals surface area contributed by atoms with Crippen LogP contribution in [-0.2, 0) is 13.0 Å². The lowest BCUT2D eigenvalue weighted by Gasteiger charge is -2.12. The lowest BCUT2D eigenvalue weighted by molar-refractivity contribution is 0.281. The highest BCUT2D eigenvalue weighted by Gasteiger charge is 2.12. The molecule has 0 bridgehead atoms. The van der Waals surface area contributed by atoms with Crippen LogP contribution in [-0.4, -0.2) is 6.54 Å². The van der Waals surface area contributed by atoms with E-state index >= 15 is 0 Å². The molecule has 0 aliphatic carbocycles. The fourth-order valence-electron chi connectivity index (χ4n) is 1.88. The van der Waals surface area contributed by atoms with Gasteiger partial charge in [0.1, 0.15) is 12.4 Å². The summed E-state index contributed by atoms with van der Waals surface area (Å²) in [5.41, 5.74) is 6.41. The minimum Gasteiger partial charge on any atom is -0.485 e. The normalized spacial score (nSPS) is 10.6. The van der Waals surface area contributed by atoms with Crippen molar-refractivity contribution in [1.82, 2.24) is 0 Å². The van der Waals surface area contributed by atoms with Crippen molar-refractivity contribution in [2.24, 2.45) is 5.73 Å². The summed E-state index contributed by atoms with van der Waals surface area (Å²) in [6.45, 7) is 0.288. The van der Waals surface area contributed by atoms with E-state index < -0.39 is 11.6 Å². The number of rotatable bonds is 5. The van der Waals surface area contributed by atoms with E-state index in [9.17, 15) is 8.78 Å². The average Bonchev–Trinajstić information content (AvgIpc) is 2.43. The van der Waals surface area contributed by atoms with Gasteiger partial charge in [0.2, 0.25) is 0 Å². The van der Waals surface area contributed by atoms with Gasteiger partial charge in [0.05, 0.1) is 5.02 Å². The van der Waals surface area contributed by atoms with Crippen LogP contribution in [0.15, 0.2) is 36.4 Å². The molecule has 0 aromatic heterocycles. The number of nitrogens with two attached hydrogens (primary N) is 1. The van der Waals surface area contributed by atoms with Crippen LogP contribution < -0.4 is 10.5 Å². The van der Waals surface area contributed by atoms with Crippen LogP contribution in [0.2, 0.25) is 5.02 Å². The van der Waals surface area contributed by atoms with Gasteiger partial charge in [-0.3, -0.25) is 0 Å². The Balaban J connectivity index is 2.20. The second-order valence-corrected chi connectivity index (χ2v) is 4.68. The van der Waals surface area contributed by atoms with E-state index in [4.69, 9.17) is 22.1 Å². The maximum absolute atomic E-state index is 13.8. The van der Waals surface area contributed by atoms with Crippen molar-refractivity contribution >= 4 is 11.6 Å². The van der Waals surface area contributed by atoms with E-state index in [1.165, 1.54) is 12.1 Å². The first-order chi connectivity index (χ1) is 9.63. The summed E-state index contributed by atoms with van der Waals surface area (Å²) in [4.78, 5) is 0. The number of hydrogen-bond acceptors (Lipinski definition) is 2. The first-order valence-electron chi connectivity index (χ1n) is 6.16. The minimum atomic E-state index is -0.550. The lowest BCUT2D eigenvalue weighted by atomic mass is 10.1. The fourth-order valence-corrected chi connectivity index (χ4v) is 2.07. The van der Waals surface area contributed by atoms with E-state index in [0.717, 1.165) is 0 Å². The Hall–Kier alpha value is -1.65. The highest BCUT2D eigenvalue weighted by molar-refractivity contribution is 6.30. The average molecular weight is 298 g/mol. The molecule has 2 aromatic carbocycles. The Labute approximate surface area is 121 Å². The molecule has 0 atom stereocenters. The molecule has 2 N–H and O–H groups in total. The summed E-state index contributed by atoms with van der Waals surface area (Å²) >= 11 is 5.69. The van der Waals surface area contributed by atoms with Crippen molar-refractivity contribution < 1.29 is 13.5 Å². The van der Waals surface area contributed by atoms with Crippen LogP contribution in [0.5, 0.6) is 5.75 Å². The van der Waals surface area contributed by atoms with Crippen LogP contribution in [0.1, 0.15) is 11.1 Å². The second-order valence-electron chi connectivity index (χ2n) is 4.27. The van der Waals surface area contributed by atoms with Gasteiger partial charge in [0, 0.05) is 5.56 Å². The molecule has 2 aromatic rings. The molecular formula is C15H14ClF2NO. The highest BCUT2D eigenvalue weighted by Crippen LogP contribution is 2.25. The first kappa shape index (κ1) is 14.8. The molecule has 2 nitrogen and oxygen atoms in total. The van der Waals surface area contributed by atoms with Crippen LogP contribution in [0.4, 0.5) is 8.78 Å². The Bertz CT molecular complexity index is 604. The van der Waals surface area contributed by atoms with E-state index in [0.29, 0.717) is 18.5 Å². The third kappa shape index (κ3) is 3.26. The second kappa shape index (κ2) is 6.68. The van der Waals surface area contributed by atoms with Gasteiger partial charge in [-0.1, -0.05) is 35.9 Å². The molecule has 0 spiro atoms. The molecule has 0 amide bonds. The summed E-state index contributed by atoms with van der Waals surface area (Å²) in [5, 5.41) is 0.0156. The third-order valence-corrected chi connectivity index (χ3v) is 3.16. The lowest BCUT2D eigenvalue weighted by Crippen LogP contribution is -2.07. The molecule has 0 heterocycles. The van der Waals surface area contributed by atoms with Crippen LogP contribution in [0.3, 0.4) is 0 Å². The van der Waals surface area contributed by atoms with Gasteiger partial charge in [-0.25, -0.2) is 8.78 Å². The maximum Gasteiger partial charge on any atom is 0.165 e. The molecule has 0 unspecified atom stereocenters. The van der Waals surface area contributed by atoms with Crippen molar-refractivity contribution in [1.29, 1.82) is 0 Å². The zero-order valence-corrected chi connectivity index (χ0v) is 11.5. The van der Waals surface area contributed by atoms with Crippen LogP contribution in [0, 0.1) is 11.6 Å². The molecule has 106 valence electrons. The topological polar surface area (TPSA) is 35.2 Å². The first-order valence-corrected chi connectivity index (χ1v) is 6.54. The molecule has 2 rings (SSSR count). The molecule has 0 aliphatic heterocycles. The number of halogens is 3. The van der Waals surface area contributed by atoms with E-state index in [1.54, 1.807) is 24.3 Å². The quantitative estimate of drug-likeness (QED) is 0.913. The monoisotopic (exact) mass is 297 g/mol. The van der Waals surface area contributed by atoms with Gasteiger partial charge in [0.25, 0.3) is 0 Å². The van der Waals surface area contributed by atoms with Crippen molar-refractivity contribution in [2.45, 2.75) is 13.0 Å². The fraction of sp³-hybridized carbons (Fsp3) is 0.200. The highest BCUT2D eigenvalue weighted by atomic mass is 35.5. The molecule has 0 aliphatic rings. The minimum absolute atomic E-state index is 0.0156. The van der Waals surface area contributed by atoms with Gasteiger partial charge in [0.15, 0.2) is 11.6 Å². The predicted molar refractivity (Wildman–Crippen MR) is 74.9 cm³/mol. The summed E-state index contributed by atoms with van der Waals surface area (Å²) < 4.78 is 32.9. The molecule has 0 saturated heterocycles. The van der Waals surface area contributed by atoms with Crippen molar-refractivity contribution in [3.63, 3.8) is 0 Å². The molecule has 0 radical (unpaired) electrons. The van der Waals surface area contributed by atoms with Gasteiger partial charge >= 0.3 is 0 Å². The summed E-state index contributed by atoms with van der Waals surface area (Å²) in [6.07, 6.45) is 0.491. The maximum atomic E-state index is 13.8. The molecule has 5 heteroatoms. The summed E-state index contributed by atoms with van der Waals surface area (Å²) in [7, 11) is 0. The predicted octanol–water partition coefficient (Wildman–Crippen LogP) is 3.70. The third-order valence-electron chi connectivity index (χ3n) is 2.87. The SMILES string of the molecule is NCCc1cccc(F)c1OCc1cccc(Cl)c1F. The molecule has 0 saturated carbocycles. The number of hydrogen-bond donors (Lipinski definition) is 1. The zero-order valence-electron chi connectivity index (χ0n) is 10.7. The Kier molecular flexibility index (Phi) is 4.93. The van der Waals surface area contributed by atoms with Crippen LogP contribution >= 0.6 is 11.6 Å². The van der Waals surface area contributed by atoms with E-state index in [1.807, 2.05) is 0 Å². The Morgan fingerprint density at radius 1 is 1.05 bits per heavy atom. The van der Waals surface area contributed by atoms with Gasteiger partial charge in [-0.2, -0.15) is 0 Å². The summed E-state index contributed by atoms with van der Waals surface area (Å²) in [6, 6.07) is 9.23. The number of para-hydroxylation sites is 1. The van der Waals surface area contributed by atoms with E-state index in [-0.39, 0.29) is 22.9 Å². The summed E-state index contributed by atoms with van der Waals surface area (Å²) in [5.74, 6) is -0.929. The molecular weight excluding hydrogens is 284 g/mol. The van der Waals surface area contributed by atoms with Gasteiger partial charge in [-0.05, 0) is 30.7 Å². The van der Waals surface area contributed by atoms with Gasteiger partial charge < -0.3 is 10.5 Å². The van der Waals surface area contributed by atoms with Crippen LogP contribution in [0.25, 0.3) is 0 Å². The molecule has 20 heavy (non-hydrogen) atoms. The molecule has 0 fully saturated rings. The van der Waals surface area contributed by atoms with Crippen molar-refractivity contribution in [2.75, 3.05) is 6.54 Å². The largest absolute Gasteiger partial charge is 0.485 e. The Morgan fingerprint density at radius 2 is 1.75 bits per heavy atom. The zero-order chi connectivity index (χ0) is 14.5.